The summed E-state index contributed by atoms with van der Waals surface area (Å²) in [5.41, 5.74) is 1.63. The second kappa shape index (κ2) is 7.31. The predicted octanol–water partition coefficient (Wildman–Crippen LogP) is 3.01. The quantitative estimate of drug-likeness (QED) is 0.907. The zero-order valence-electron chi connectivity index (χ0n) is 15.2. The molecule has 4 rings (SSSR count). The average molecular weight is 366 g/mol. The highest BCUT2D eigenvalue weighted by atomic mass is 16.6. The van der Waals surface area contributed by atoms with E-state index in [0.29, 0.717) is 43.2 Å². The van der Waals surface area contributed by atoms with Gasteiger partial charge < -0.3 is 19.7 Å². The molecular weight excluding hydrogens is 344 g/mol. The first-order chi connectivity index (χ1) is 13.1. The summed E-state index contributed by atoms with van der Waals surface area (Å²) in [4.78, 5) is 27.0. The zero-order valence-corrected chi connectivity index (χ0v) is 15.2. The number of piperidine rings is 1. The molecule has 2 aromatic carbocycles. The third-order valence-electron chi connectivity index (χ3n) is 5.15. The number of fused-ring (bicyclic) bond motifs is 1. The number of likely N-dealkylation sites (tertiary alicyclic amines) is 1. The van der Waals surface area contributed by atoms with Gasteiger partial charge in [0, 0.05) is 25.2 Å². The van der Waals surface area contributed by atoms with Crippen LogP contribution < -0.4 is 14.8 Å². The molecule has 0 saturated carbocycles. The summed E-state index contributed by atoms with van der Waals surface area (Å²) in [7, 11) is 1.77. The van der Waals surface area contributed by atoms with Crippen LogP contribution in [-0.2, 0) is 9.59 Å². The van der Waals surface area contributed by atoms with Crippen molar-refractivity contribution < 1.29 is 19.1 Å². The first kappa shape index (κ1) is 17.4. The first-order valence-electron chi connectivity index (χ1n) is 9.14. The number of hydrogen-bond acceptors (Lipinski definition) is 4. The van der Waals surface area contributed by atoms with Gasteiger partial charge in [-0.3, -0.25) is 9.59 Å². The maximum atomic E-state index is 13.1. The highest BCUT2D eigenvalue weighted by Crippen LogP contribution is 2.37. The molecule has 0 radical (unpaired) electrons. The van der Waals surface area contributed by atoms with Crippen molar-refractivity contribution in [2.45, 2.75) is 18.9 Å². The molecule has 0 aromatic heterocycles. The van der Waals surface area contributed by atoms with Crippen LogP contribution in [0, 0.1) is 5.92 Å². The highest BCUT2D eigenvalue weighted by molar-refractivity contribution is 5.95. The maximum Gasteiger partial charge on any atom is 0.229 e. The molecule has 0 unspecified atom stereocenters. The maximum absolute atomic E-state index is 13.1. The Morgan fingerprint density at radius 2 is 1.81 bits per heavy atom. The zero-order chi connectivity index (χ0) is 18.8. The molecule has 0 spiro atoms. The molecule has 1 saturated heterocycles. The van der Waals surface area contributed by atoms with Gasteiger partial charge in [-0.25, -0.2) is 0 Å². The lowest BCUT2D eigenvalue weighted by atomic mass is 9.84. The lowest BCUT2D eigenvalue weighted by Gasteiger charge is -2.38. The summed E-state index contributed by atoms with van der Waals surface area (Å²) >= 11 is 0. The number of anilines is 1. The Morgan fingerprint density at radius 1 is 1.07 bits per heavy atom. The molecule has 2 aromatic rings. The number of benzene rings is 2. The average Bonchev–Trinajstić information content (AvgIpc) is 2.70. The summed E-state index contributed by atoms with van der Waals surface area (Å²) in [5, 5.41) is 2.98. The van der Waals surface area contributed by atoms with Crippen molar-refractivity contribution in [1.29, 1.82) is 0 Å². The van der Waals surface area contributed by atoms with Crippen LogP contribution >= 0.6 is 0 Å². The number of nitrogens with zero attached hydrogens (tertiary/aromatic N) is 1. The summed E-state index contributed by atoms with van der Waals surface area (Å²) < 4.78 is 11.1. The van der Waals surface area contributed by atoms with Crippen LogP contribution in [-0.4, -0.2) is 37.0 Å². The number of hydrogen-bond donors (Lipinski definition) is 1. The summed E-state index contributed by atoms with van der Waals surface area (Å²) in [6.07, 6.45) is 0.901. The molecule has 6 heteroatoms. The Balaban J connectivity index is 1.57. The Labute approximate surface area is 158 Å². The van der Waals surface area contributed by atoms with Crippen molar-refractivity contribution >= 4 is 17.5 Å². The molecule has 2 atom stereocenters. The van der Waals surface area contributed by atoms with E-state index in [2.05, 4.69) is 5.32 Å². The van der Waals surface area contributed by atoms with E-state index in [9.17, 15) is 9.59 Å². The molecule has 2 aliphatic rings. The molecule has 1 N–H and O–H groups in total. The van der Waals surface area contributed by atoms with Crippen LogP contribution in [0.3, 0.4) is 0 Å². The molecule has 2 amide bonds. The van der Waals surface area contributed by atoms with Gasteiger partial charge in [-0.2, -0.15) is 0 Å². The van der Waals surface area contributed by atoms with E-state index in [1.165, 1.54) is 0 Å². The van der Waals surface area contributed by atoms with Crippen molar-refractivity contribution in [2.75, 3.05) is 25.6 Å². The molecular formula is C21H22N2O4. The van der Waals surface area contributed by atoms with E-state index in [0.717, 1.165) is 5.56 Å². The van der Waals surface area contributed by atoms with E-state index in [4.69, 9.17) is 9.47 Å². The fourth-order valence-corrected chi connectivity index (χ4v) is 3.77. The highest BCUT2D eigenvalue weighted by Gasteiger charge is 2.38. The first-order valence-corrected chi connectivity index (χ1v) is 9.14. The van der Waals surface area contributed by atoms with E-state index in [1.807, 2.05) is 30.3 Å². The van der Waals surface area contributed by atoms with Crippen molar-refractivity contribution in [2.24, 2.45) is 5.92 Å². The minimum Gasteiger partial charge on any atom is -0.486 e. The van der Waals surface area contributed by atoms with Crippen LogP contribution in [0.1, 0.15) is 24.4 Å². The van der Waals surface area contributed by atoms with Gasteiger partial charge in [0.25, 0.3) is 0 Å². The lowest BCUT2D eigenvalue weighted by molar-refractivity contribution is -0.140. The standard InChI is InChI=1S/C21H22N2O4/c1-23-19(24)10-8-16(20(23)14-5-3-2-4-6-14)21(25)22-15-7-9-17-18(13-15)27-12-11-26-17/h2-7,9,13,16,20H,8,10-12H2,1H3,(H,22,25)/t16-,20+/m1/s1. The third kappa shape index (κ3) is 3.47. The second-order valence-corrected chi connectivity index (χ2v) is 6.85. The number of carbonyl (C=O) groups is 2. The van der Waals surface area contributed by atoms with Crippen LogP contribution in [0.25, 0.3) is 0 Å². The van der Waals surface area contributed by atoms with Crippen molar-refractivity contribution in [3.05, 3.63) is 54.1 Å². The number of ether oxygens (including phenoxy) is 2. The van der Waals surface area contributed by atoms with Gasteiger partial charge in [0.05, 0.1) is 12.0 Å². The molecule has 2 aliphatic heterocycles. The Bertz CT molecular complexity index is 853. The van der Waals surface area contributed by atoms with Gasteiger partial charge in [0.15, 0.2) is 11.5 Å². The number of rotatable bonds is 3. The summed E-state index contributed by atoms with van der Waals surface area (Å²) in [6.45, 7) is 1.02. The fourth-order valence-electron chi connectivity index (χ4n) is 3.77. The summed E-state index contributed by atoms with van der Waals surface area (Å²) in [5.74, 6) is 0.967. The second-order valence-electron chi connectivity index (χ2n) is 6.85. The normalized spacial score (nSPS) is 21.7. The van der Waals surface area contributed by atoms with Gasteiger partial charge >= 0.3 is 0 Å². The van der Waals surface area contributed by atoms with Crippen molar-refractivity contribution in [3.8, 4) is 11.5 Å². The van der Waals surface area contributed by atoms with Crippen LogP contribution in [0.2, 0.25) is 0 Å². The Hall–Kier alpha value is -3.02. The SMILES string of the molecule is CN1C(=O)CC[C@@H](C(=O)Nc2ccc3c(c2)OCCO3)[C@@H]1c1ccccc1. The van der Waals surface area contributed by atoms with E-state index < -0.39 is 0 Å². The number of carbonyl (C=O) groups excluding carboxylic acids is 2. The van der Waals surface area contributed by atoms with E-state index in [-0.39, 0.29) is 23.8 Å². The number of amides is 2. The van der Waals surface area contributed by atoms with Gasteiger partial charge in [-0.05, 0) is 24.1 Å². The Kier molecular flexibility index (Phi) is 4.71. The van der Waals surface area contributed by atoms with Crippen molar-refractivity contribution in [3.63, 3.8) is 0 Å². The molecule has 27 heavy (non-hydrogen) atoms. The van der Waals surface area contributed by atoms with Crippen LogP contribution in [0.4, 0.5) is 5.69 Å². The molecule has 1 fully saturated rings. The lowest BCUT2D eigenvalue weighted by Crippen LogP contribution is -2.44. The third-order valence-corrected chi connectivity index (χ3v) is 5.15. The van der Waals surface area contributed by atoms with Crippen molar-refractivity contribution in [1.82, 2.24) is 4.90 Å². The fraction of sp³-hybridized carbons (Fsp3) is 0.333. The van der Waals surface area contributed by atoms with E-state index in [1.54, 1.807) is 30.1 Å². The monoisotopic (exact) mass is 366 g/mol. The van der Waals surface area contributed by atoms with E-state index >= 15 is 0 Å². The molecule has 6 nitrogen and oxygen atoms in total. The van der Waals surface area contributed by atoms with Crippen LogP contribution in [0.15, 0.2) is 48.5 Å². The minimum atomic E-state index is -0.316. The summed E-state index contributed by atoms with van der Waals surface area (Å²) in [6, 6.07) is 14.8. The molecule has 140 valence electrons. The minimum absolute atomic E-state index is 0.0623. The van der Waals surface area contributed by atoms with Crippen LogP contribution in [0.5, 0.6) is 11.5 Å². The van der Waals surface area contributed by atoms with Gasteiger partial charge in [-0.1, -0.05) is 30.3 Å². The molecule has 2 heterocycles. The Morgan fingerprint density at radius 3 is 2.59 bits per heavy atom. The topological polar surface area (TPSA) is 67.9 Å². The largest absolute Gasteiger partial charge is 0.486 e. The molecule has 0 bridgehead atoms. The smallest absolute Gasteiger partial charge is 0.229 e. The van der Waals surface area contributed by atoms with Gasteiger partial charge in [0.1, 0.15) is 13.2 Å². The predicted molar refractivity (Wildman–Crippen MR) is 101 cm³/mol. The molecule has 0 aliphatic carbocycles. The van der Waals surface area contributed by atoms with Gasteiger partial charge in [-0.15, -0.1) is 0 Å². The van der Waals surface area contributed by atoms with Gasteiger partial charge in [0.2, 0.25) is 11.8 Å². The number of nitrogens with one attached hydrogen (secondary N) is 1.